The van der Waals surface area contributed by atoms with Crippen LogP contribution in [0.25, 0.3) is 55.2 Å². The zero-order valence-corrected chi connectivity index (χ0v) is 80.8. The van der Waals surface area contributed by atoms with Crippen LogP contribution < -0.4 is 16.0 Å². The first-order valence-corrected chi connectivity index (χ1v) is 47.5. The Hall–Kier alpha value is -9.89. The van der Waals surface area contributed by atoms with Crippen molar-refractivity contribution in [1.82, 2.24) is 84.5 Å². The van der Waals surface area contributed by atoms with Crippen LogP contribution >= 0.6 is 81.2 Å². The average molecular weight is 1930 g/mol. The molecule has 0 atom stereocenters. The third-order valence-corrected chi connectivity index (χ3v) is 26.5. The second-order valence-electron chi connectivity index (χ2n) is 34.8. The number of piperidine rings is 2. The van der Waals surface area contributed by atoms with Gasteiger partial charge in [-0.2, -0.15) is 25.5 Å². The monoisotopic (exact) mass is 1930 g/mol. The summed E-state index contributed by atoms with van der Waals surface area (Å²) in [4.78, 5) is 95.3. The van der Waals surface area contributed by atoms with Gasteiger partial charge in [-0.25, -0.2) is 62.8 Å². The number of carboxylic acids is 1. The highest BCUT2D eigenvalue weighted by Gasteiger charge is 2.31. The lowest BCUT2D eigenvalue weighted by Gasteiger charge is -2.32. The molecule has 37 heteroatoms. The fourth-order valence-corrected chi connectivity index (χ4v) is 19.1. The molecule has 0 bridgehead atoms. The lowest BCUT2D eigenvalue weighted by atomic mass is 9.89. The zero-order chi connectivity index (χ0) is 93.9. The van der Waals surface area contributed by atoms with Crippen LogP contribution in [0.5, 0.6) is 0 Å². The van der Waals surface area contributed by atoms with Gasteiger partial charge >= 0.3 is 24.0 Å². The van der Waals surface area contributed by atoms with Crippen molar-refractivity contribution in [2.75, 3.05) is 56.6 Å². The predicted molar refractivity (Wildman–Crippen MR) is 513 cm³/mol. The van der Waals surface area contributed by atoms with Crippen molar-refractivity contribution in [2.24, 2.45) is 29.6 Å². The number of hydrogen-bond acceptors (Lipinski definition) is 21. The molecule has 3 amide bonds. The number of carbonyl (C=O) groups is 6. The Morgan fingerprint density at radius 2 is 0.763 bits per heavy atom. The molecule has 2 aliphatic heterocycles. The number of carbonyl (C=O) groups excluding carboxylic acids is 5. The second-order valence-corrected chi connectivity index (χ2v) is 37.6. The van der Waals surface area contributed by atoms with Gasteiger partial charge in [-0.15, -0.1) is 0 Å². The highest BCUT2D eigenvalue weighted by Crippen LogP contribution is 2.38. The number of aliphatic hydroxyl groups is 1. The summed E-state index contributed by atoms with van der Waals surface area (Å²) in [5.41, 5.74) is 9.44. The number of carboxylic acid groups (broad SMARTS) is 1. The summed E-state index contributed by atoms with van der Waals surface area (Å²) in [7, 11) is 0. The fraction of sp³-hybridized carbons (Fsp3) is 0.489. The number of amides is 3. The molecule has 12 heterocycles. The quantitative estimate of drug-likeness (QED) is 0.0343. The maximum atomic E-state index is 12.7. The van der Waals surface area contributed by atoms with Gasteiger partial charge < -0.3 is 45.3 Å². The maximum absolute atomic E-state index is 12.7. The van der Waals surface area contributed by atoms with E-state index in [2.05, 4.69) is 71.5 Å². The minimum atomic E-state index is -1.06. The molecule has 5 fully saturated rings. The number of nitrogens with zero attached hydrogens (tertiary/aromatic N) is 15. The number of fused-ring (bicyclic) bond motifs is 5. The van der Waals surface area contributed by atoms with E-state index in [-0.39, 0.29) is 40.7 Å². The van der Waals surface area contributed by atoms with Crippen molar-refractivity contribution in [3.63, 3.8) is 0 Å². The third-order valence-electron chi connectivity index (χ3n) is 24.0. The van der Waals surface area contributed by atoms with Crippen molar-refractivity contribution < 1.29 is 53.2 Å². The number of nitrogens with one attached hydrogen (secondary N) is 4. The van der Waals surface area contributed by atoms with Crippen LogP contribution in [0.2, 0.25) is 35.2 Å². The molecule has 6 N–H and O–H groups in total. The number of ether oxygens (including phenoxy) is 3. The van der Waals surface area contributed by atoms with E-state index < -0.39 is 23.5 Å². The Labute approximate surface area is 796 Å². The number of aromatic amines is 1. The topological polar surface area (TPSA) is 374 Å². The van der Waals surface area contributed by atoms with E-state index >= 15 is 0 Å². The molecule has 30 nitrogen and oxygen atoms in total. The number of H-pyrrole nitrogens is 1. The SMILES string of the molecule is CC(C)(C)OC(=O)N1CCC(CO)CC1.CCOC(=O)c1cnc2c(c(C)nn2CC2CCCCC2)c1Cl.CCOC(=O)c1cnc2n[nH]c(C)c2c1Cl.Cc1nn(CC2CCCCC2)c2ncc(C(=O)Nc3ccc(Cl)cc3)c(Cl)c12.Cc1nn(CC2CCCCC2)c2ncc(C(=O)O)c(Cl)c12.Cc1nn(CC2CCNCC2)c2ncc(C(=O)Nc3ccc(Cl)cc3)c(Cl)c12. The molecular weight excluding hydrogens is 1820 g/mol. The fourth-order valence-electron chi connectivity index (χ4n) is 17.1. The van der Waals surface area contributed by atoms with Gasteiger partial charge in [0, 0.05) is 104 Å². The van der Waals surface area contributed by atoms with Crippen molar-refractivity contribution >= 4 is 184 Å². The number of halogens is 7. The number of likely N-dealkylation sites (tertiary alicyclic amines) is 1. The number of esters is 2. The summed E-state index contributed by atoms with van der Waals surface area (Å²) in [6, 6.07) is 13.8. The summed E-state index contributed by atoms with van der Waals surface area (Å²) in [6.07, 6.45) is 30.1. The molecule has 131 heavy (non-hydrogen) atoms. The number of aromatic nitrogens is 15. The van der Waals surface area contributed by atoms with Crippen LogP contribution in [0, 0.1) is 64.2 Å². The van der Waals surface area contributed by atoms with Gasteiger partial charge in [0.05, 0.1) is 116 Å². The van der Waals surface area contributed by atoms with Gasteiger partial charge in [0.15, 0.2) is 28.2 Å². The summed E-state index contributed by atoms with van der Waals surface area (Å²) in [5.74, 6) is 0.235. The Morgan fingerprint density at radius 3 is 1.11 bits per heavy atom. The molecular formula is C94H114Cl7N19O11. The largest absolute Gasteiger partial charge is 0.478 e. The number of hydrogen-bond donors (Lipinski definition) is 6. The Bertz CT molecular complexity index is 5840. The predicted octanol–water partition coefficient (Wildman–Crippen LogP) is 21.7. The summed E-state index contributed by atoms with van der Waals surface area (Å²) >= 11 is 43.8. The van der Waals surface area contributed by atoms with Gasteiger partial charge in [-0.1, -0.05) is 139 Å². The van der Waals surface area contributed by atoms with Gasteiger partial charge in [-0.3, -0.25) is 14.7 Å². The molecule has 2 aromatic carbocycles. The minimum absolute atomic E-state index is 0.0319. The summed E-state index contributed by atoms with van der Waals surface area (Å²) in [5, 5.41) is 58.8. The average Bonchev–Trinajstić information content (AvgIpc) is 1.65. The third kappa shape index (κ3) is 25.7. The Kier molecular flexibility index (Phi) is 35.7. The molecule has 2 saturated heterocycles. The van der Waals surface area contributed by atoms with E-state index in [0.29, 0.717) is 136 Å². The second kappa shape index (κ2) is 46.7. The van der Waals surface area contributed by atoms with Gasteiger partial charge in [0.2, 0.25) is 0 Å². The van der Waals surface area contributed by atoms with Gasteiger partial charge in [0.1, 0.15) is 5.60 Å². The molecule has 10 aromatic heterocycles. The smallest absolute Gasteiger partial charge is 0.410 e. The van der Waals surface area contributed by atoms with Crippen LogP contribution in [0.3, 0.4) is 0 Å². The van der Waals surface area contributed by atoms with Crippen molar-refractivity contribution in [2.45, 2.75) is 223 Å². The number of rotatable bonds is 18. The van der Waals surface area contributed by atoms with E-state index in [4.69, 9.17) is 106 Å². The Balaban J connectivity index is 0.000000144. The number of aliphatic hydroxyl groups excluding tert-OH is 1. The number of aryl methyl sites for hydroxylation is 5. The van der Waals surface area contributed by atoms with Crippen molar-refractivity contribution in [3.8, 4) is 0 Å². The normalized spacial score (nSPS) is 15.4. The first-order chi connectivity index (χ1) is 62.8. The van der Waals surface area contributed by atoms with Crippen LogP contribution in [-0.2, 0) is 40.4 Å². The minimum Gasteiger partial charge on any atom is -0.478 e. The number of pyridine rings is 5. The molecule has 17 rings (SSSR count). The lowest BCUT2D eigenvalue weighted by Crippen LogP contribution is -2.42. The highest BCUT2D eigenvalue weighted by atomic mass is 35.5. The zero-order valence-electron chi connectivity index (χ0n) is 75.5. The maximum Gasteiger partial charge on any atom is 0.410 e. The van der Waals surface area contributed by atoms with Crippen LogP contribution in [-0.4, -0.2) is 177 Å². The van der Waals surface area contributed by atoms with E-state index in [1.54, 1.807) is 67.3 Å². The summed E-state index contributed by atoms with van der Waals surface area (Å²) < 4.78 is 22.9. The van der Waals surface area contributed by atoms with Crippen molar-refractivity contribution in [1.29, 1.82) is 0 Å². The van der Waals surface area contributed by atoms with Crippen LogP contribution in [0.1, 0.15) is 237 Å². The Morgan fingerprint density at radius 1 is 0.435 bits per heavy atom. The first-order valence-electron chi connectivity index (χ1n) is 44.9. The van der Waals surface area contributed by atoms with E-state index in [0.717, 1.165) is 127 Å². The number of aromatic carboxylic acids is 1. The molecule has 0 radical (unpaired) electrons. The van der Waals surface area contributed by atoms with Crippen molar-refractivity contribution in [3.05, 3.63) is 171 Å². The van der Waals surface area contributed by atoms with Crippen LogP contribution in [0.15, 0.2) is 79.5 Å². The molecule has 0 spiro atoms. The van der Waals surface area contributed by atoms with Crippen LogP contribution in [0.4, 0.5) is 16.2 Å². The molecule has 12 aromatic rings. The molecule has 700 valence electrons. The van der Waals surface area contributed by atoms with Gasteiger partial charge in [0.25, 0.3) is 11.8 Å². The molecule has 3 aliphatic carbocycles. The highest BCUT2D eigenvalue weighted by molar-refractivity contribution is 6.41. The summed E-state index contributed by atoms with van der Waals surface area (Å²) in [6.45, 7) is 26.1. The lowest BCUT2D eigenvalue weighted by molar-refractivity contribution is 0.0158. The number of anilines is 2. The van der Waals surface area contributed by atoms with E-state index in [1.807, 2.05) is 74.1 Å². The molecule has 3 saturated carbocycles. The van der Waals surface area contributed by atoms with E-state index in [1.165, 1.54) is 127 Å². The number of benzene rings is 2. The van der Waals surface area contributed by atoms with Gasteiger partial charge in [-0.05, 0) is 225 Å². The van der Waals surface area contributed by atoms with E-state index in [9.17, 15) is 28.8 Å². The molecule has 5 aliphatic rings. The molecule has 0 unspecified atom stereocenters. The first kappa shape index (κ1) is 100. The standard InChI is InChI=1S/C21H22Cl2N4O.C20H21Cl2N5O.C17H22ClN3O2.C15H18ClN3O2.C11H21NO3.C10H10ClN3O2/c1-13-18-19(23)17(21(28)25-16-9-7-15(22)8-10-16)11-24-20(18)27(26-13)12-14-5-3-2-4-6-14;1-12-17-18(22)16(20(28)25-15-4-2-14(21)3-5-15)10-24-19(17)27(26-12)11-13-6-8-23-9-7-13;1-3-23-17(22)13-9-19-16-14(15(13)18)11(2)20-21(16)10-12-7-5-4-6-8-12;1-9-12-13(16)11(15(20)21)7-17-14(12)19(18-9)8-10-5-3-2-4-6-10;1-11(2,3)15-10(14)12-6-4-9(8-13)5-7-12;1-3-16-10(15)6-4-12-9-7(8(6)11)5(2)13-14-9/h7-11,14H,2-6,12H2,1H3,(H,25,28);2-5,10,13,23H,6-9,11H2,1H3,(H,25,28);9,12H,3-8,10H2,1-2H3;7,10H,2-6,8H2,1H3,(H,20,21);9,13H,4-8H2,1-3H3;4H,3H2,1-2H3,(H,12,13,14).